The van der Waals surface area contributed by atoms with Crippen molar-refractivity contribution in [1.82, 2.24) is 5.32 Å². The Balaban J connectivity index is 2.29. The lowest BCUT2D eigenvalue weighted by molar-refractivity contribution is 0.0834. The first-order valence-corrected chi connectivity index (χ1v) is 6.39. The summed E-state index contributed by atoms with van der Waals surface area (Å²) in [5.74, 6) is 0.240. The predicted octanol–water partition coefficient (Wildman–Crippen LogP) is 3.02. The Morgan fingerprint density at radius 1 is 1.18 bits per heavy atom. The van der Waals surface area contributed by atoms with Crippen LogP contribution in [-0.2, 0) is 0 Å². The van der Waals surface area contributed by atoms with E-state index in [1.807, 2.05) is 32.9 Å². The minimum atomic E-state index is -0.363. The van der Waals surface area contributed by atoms with Crippen molar-refractivity contribution in [3.63, 3.8) is 0 Å². The van der Waals surface area contributed by atoms with Crippen LogP contribution in [0.5, 0.6) is 0 Å². The summed E-state index contributed by atoms with van der Waals surface area (Å²) in [4.78, 5) is 12.6. The van der Waals surface area contributed by atoms with E-state index in [0.717, 1.165) is 36.1 Å². The summed E-state index contributed by atoms with van der Waals surface area (Å²) < 4.78 is 0. The number of hydrogen-bond acceptors (Lipinski definition) is 2. The Hall–Kier alpha value is -1.15. The fourth-order valence-electron chi connectivity index (χ4n) is 2.67. The maximum atomic E-state index is 12.6. The lowest BCUT2D eigenvalue weighted by Crippen LogP contribution is -2.52. The molecule has 1 aliphatic rings. The van der Waals surface area contributed by atoms with E-state index in [2.05, 4.69) is 11.4 Å². The molecule has 92 valence electrons. The van der Waals surface area contributed by atoms with Gasteiger partial charge >= 0.3 is 0 Å². The number of ketones is 1. The van der Waals surface area contributed by atoms with E-state index in [1.165, 1.54) is 6.42 Å². The Morgan fingerprint density at radius 2 is 1.82 bits per heavy atom. The highest BCUT2D eigenvalue weighted by atomic mass is 16.1. The maximum Gasteiger partial charge on any atom is 0.182 e. The highest BCUT2D eigenvalue weighted by molar-refractivity contribution is 6.03. The van der Waals surface area contributed by atoms with Gasteiger partial charge in [0, 0.05) is 5.56 Å². The number of piperidine rings is 1. The first-order chi connectivity index (χ1) is 8.01. The second-order valence-electron chi connectivity index (χ2n) is 5.42. The summed E-state index contributed by atoms with van der Waals surface area (Å²) in [5, 5.41) is 3.38. The largest absolute Gasteiger partial charge is 0.305 e. The van der Waals surface area contributed by atoms with Gasteiger partial charge in [-0.05, 0) is 58.7 Å². The van der Waals surface area contributed by atoms with Gasteiger partial charge in [-0.3, -0.25) is 4.79 Å². The SMILES string of the molecule is Cc1cc(C)cc(C(=O)C2(C)CCCCN2)c1. The van der Waals surface area contributed by atoms with Gasteiger partial charge in [-0.25, -0.2) is 0 Å². The molecule has 2 nitrogen and oxygen atoms in total. The van der Waals surface area contributed by atoms with Crippen molar-refractivity contribution in [1.29, 1.82) is 0 Å². The Kier molecular flexibility index (Phi) is 3.34. The quantitative estimate of drug-likeness (QED) is 0.793. The van der Waals surface area contributed by atoms with Gasteiger partial charge < -0.3 is 5.32 Å². The molecule has 0 aromatic heterocycles. The van der Waals surface area contributed by atoms with Crippen LogP contribution in [0.3, 0.4) is 0 Å². The van der Waals surface area contributed by atoms with Crippen LogP contribution in [0.25, 0.3) is 0 Å². The third-order valence-electron chi connectivity index (χ3n) is 3.60. The molecule has 0 amide bonds. The van der Waals surface area contributed by atoms with Crippen molar-refractivity contribution in [2.75, 3.05) is 6.54 Å². The number of carbonyl (C=O) groups excluding carboxylic acids is 1. The number of benzene rings is 1. The van der Waals surface area contributed by atoms with Crippen LogP contribution in [0.15, 0.2) is 18.2 Å². The molecule has 1 unspecified atom stereocenters. The van der Waals surface area contributed by atoms with Crippen molar-refractivity contribution >= 4 is 5.78 Å². The number of carbonyl (C=O) groups is 1. The molecule has 0 spiro atoms. The summed E-state index contributed by atoms with van der Waals surface area (Å²) >= 11 is 0. The van der Waals surface area contributed by atoms with Gasteiger partial charge in [0.25, 0.3) is 0 Å². The lowest BCUT2D eigenvalue weighted by atomic mass is 9.83. The van der Waals surface area contributed by atoms with Crippen LogP contribution in [0, 0.1) is 13.8 Å². The van der Waals surface area contributed by atoms with E-state index in [9.17, 15) is 4.79 Å². The minimum absolute atomic E-state index is 0.240. The van der Waals surface area contributed by atoms with E-state index in [1.54, 1.807) is 0 Å². The van der Waals surface area contributed by atoms with Crippen LogP contribution in [-0.4, -0.2) is 17.9 Å². The summed E-state index contributed by atoms with van der Waals surface area (Å²) in [6.45, 7) is 7.07. The normalized spacial score (nSPS) is 24.6. The molecule has 1 saturated heterocycles. The van der Waals surface area contributed by atoms with Gasteiger partial charge in [0.2, 0.25) is 0 Å². The van der Waals surface area contributed by atoms with Crippen molar-refractivity contribution in [3.8, 4) is 0 Å². The number of aryl methyl sites for hydroxylation is 2. The van der Waals surface area contributed by atoms with Crippen LogP contribution in [0.1, 0.15) is 47.7 Å². The van der Waals surface area contributed by atoms with Gasteiger partial charge in [-0.1, -0.05) is 17.2 Å². The summed E-state index contributed by atoms with van der Waals surface area (Å²) in [7, 11) is 0. The van der Waals surface area contributed by atoms with E-state index in [0.29, 0.717) is 0 Å². The number of hydrogen-bond donors (Lipinski definition) is 1. The van der Waals surface area contributed by atoms with Gasteiger partial charge in [0.15, 0.2) is 5.78 Å². The molecular formula is C15H21NO. The van der Waals surface area contributed by atoms with Gasteiger partial charge in [0.1, 0.15) is 0 Å². The minimum Gasteiger partial charge on any atom is -0.305 e. The Labute approximate surface area is 103 Å². The van der Waals surface area contributed by atoms with E-state index >= 15 is 0 Å². The highest BCUT2D eigenvalue weighted by Crippen LogP contribution is 2.24. The zero-order valence-electron chi connectivity index (χ0n) is 11.0. The van der Waals surface area contributed by atoms with Gasteiger partial charge in [0.05, 0.1) is 5.54 Å². The molecule has 1 atom stereocenters. The summed E-state index contributed by atoms with van der Waals surface area (Å²) in [6.07, 6.45) is 3.26. The third-order valence-corrected chi connectivity index (χ3v) is 3.60. The lowest BCUT2D eigenvalue weighted by Gasteiger charge is -2.33. The predicted molar refractivity (Wildman–Crippen MR) is 70.5 cm³/mol. The number of rotatable bonds is 2. The van der Waals surface area contributed by atoms with Crippen molar-refractivity contribution in [2.45, 2.75) is 45.6 Å². The summed E-state index contributed by atoms with van der Waals surface area (Å²) in [6, 6.07) is 6.10. The van der Waals surface area contributed by atoms with E-state index < -0.39 is 0 Å². The summed E-state index contributed by atoms with van der Waals surface area (Å²) in [5.41, 5.74) is 2.80. The molecule has 17 heavy (non-hydrogen) atoms. The maximum absolute atomic E-state index is 12.6. The monoisotopic (exact) mass is 231 g/mol. The van der Waals surface area contributed by atoms with E-state index in [4.69, 9.17) is 0 Å². The molecule has 1 N–H and O–H groups in total. The van der Waals surface area contributed by atoms with Crippen LogP contribution in [0.2, 0.25) is 0 Å². The molecule has 0 bridgehead atoms. The molecule has 0 aliphatic carbocycles. The van der Waals surface area contributed by atoms with Gasteiger partial charge in [-0.2, -0.15) is 0 Å². The average molecular weight is 231 g/mol. The standard InChI is InChI=1S/C15H21NO/c1-11-8-12(2)10-13(9-11)14(17)15(3)6-4-5-7-16-15/h8-10,16H,4-7H2,1-3H3. The fourth-order valence-corrected chi connectivity index (χ4v) is 2.67. The zero-order valence-corrected chi connectivity index (χ0v) is 11.0. The molecule has 0 radical (unpaired) electrons. The first-order valence-electron chi connectivity index (χ1n) is 6.39. The molecule has 2 heteroatoms. The molecule has 1 aromatic rings. The molecule has 1 fully saturated rings. The Bertz CT molecular complexity index is 410. The molecule has 2 rings (SSSR count). The number of Topliss-reactive ketones (excluding diaryl/α,β-unsaturated/α-hetero) is 1. The molecule has 0 saturated carbocycles. The van der Waals surface area contributed by atoms with Crippen molar-refractivity contribution in [3.05, 3.63) is 34.9 Å². The second kappa shape index (κ2) is 4.61. The average Bonchev–Trinajstić information content (AvgIpc) is 2.27. The van der Waals surface area contributed by atoms with Crippen molar-refractivity contribution in [2.24, 2.45) is 0 Å². The first kappa shape index (κ1) is 12.3. The molecule has 1 heterocycles. The van der Waals surface area contributed by atoms with Crippen LogP contribution >= 0.6 is 0 Å². The number of nitrogens with one attached hydrogen (secondary N) is 1. The highest BCUT2D eigenvalue weighted by Gasteiger charge is 2.34. The van der Waals surface area contributed by atoms with Gasteiger partial charge in [-0.15, -0.1) is 0 Å². The van der Waals surface area contributed by atoms with Crippen LogP contribution in [0.4, 0.5) is 0 Å². The topological polar surface area (TPSA) is 29.1 Å². The molecule has 1 aliphatic heterocycles. The fraction of sp³-hybridized carbons (Fsp3) is 0.533. The van der Waals surface area contributed by atoms with Crippen LogP contribution < -0.4 is 5.32 Å². The molecular weight excluding hydrogens is 210 g/mol. The zero-order chi connectivity index (χ0) is 12.5. The third kappa shape index (κ3) is 2.58. The van der Waals surface area contributed by atoms with Crippen molar-refractivity contribution < 1.29 is 4.79 Å². The second-order valence-corrected chi connectivity index (χ2v) is 5.42. The van der Waals surface area contributed by atoms with E-state index in [-0.39, 0.29) is 11.3 Å². The Morgan fingerprint density at radius 3 is 2.35 bits per heavy atom. The smallest absolute Gasteiger partial charge is 0.182 e. The molecule has 1 aromatic carbocycles.